The van der Waals surface area contributed by atoms with E-state index in [0.29, 0.717) is 40.3 Å². The minimum Gasteiger partial charge on any atom is -0.444 e. The van der Waals surface area contributed by atoms with Crippen LogP contribution in [0.25, 0.3) is 10.2 Å². The van der Waals surface area contributed by atoms with Crippen LogP contribution in [0.3, 0.4) is 0 Å². The van der Waals surface area contributed by atoms with Crippen LogP contribution in [-0.2, 0) is 4.74 Å². The number of aromatic nitrogens is 1. The summed E-state index contributed by atoms with van der Waals surface area (Å²) >= 11 is 3.05. The second-order valence-corrected chi connectivity index (χ2v) is 13.0. The van der Waals surface area contributed by atoms with Crippen LogP contribution in [-0.4, -0.2) is 51.1 Å². The first-order valence-electron chi connectivity index (χ1n) is 12.0. The Labute approximate surface area is 218 Å². The lowest BCUT2D eigenvalue weighted by molar-refractivity contribution is 0.0636. The number of ether oxygens (including phenoxy) is 1. The summed E-state index contributed by atoms with van der Waals surface area (Å²) in [5.41, 5.74) is 1.70. The van der Waals surface area contributed by atoms with Crippen molar-refractivity contribution >= 4 is 56.1 Å². The number of hydrogen-bond acceptors (Lipinski definition) is 7. The number of benzene rings is 1. The molecule has 3 aromatic rings. The number of likely N-dealkylation sites (tertiary alicyclic amines) is 1. The van der Waals surface area contributed by atoms with Gasteiger partial charge in [-0.1, -0.05) is 23.0 Å². The van der Waals surface area contributed by atoms with E-state index in [-0.39, 0.29) is 16.4 Å². The van der Waals surface area contributed by atoms with Gasteiger partial charge >= 0.3 is 6.09 Å². The summed E-state index contributed by atoms with van der Waals surface area (Å²) < 4.78 is 5.23. The summed E-state index contributed by atoms with van der Waals surface area (Å²) in [5.74, 6) is 0.0456. The molecule has 2 aromatic heterocycles. The van der Waals surface area contributed by atoms with Gasteiger partial charge in [0.05, 0.1) is 5.56 Å². The van der Waals surface area contributed by atoms with Gasteiger partial charge in [-0.15, -0.1) is 11.8 Å². The van der Waals surface area contributed by atoms with Gasteiger partial charge in [0.1, 0.15) is 15.4 Å². The van der Waals surface area contributed by atoms with Gasteiger partial charge in [-0.2, -0.15) is 0 Å². The number of carbonyl (C=O) groups excluding carboxylic acids is 3. The maximum Gasteiger partial charge on any atom is 0.412 e. The molecule has 0 saturated carbocycles. The Bertz CT molecular complexity index is 1370. The van der Waals surface area contributed by atoms with Crippen LogP contribution in [0.2, 0.25) is 0 Å². The van der Waals surface area contributed by atoms with Crippen molar-refractivity contribution in [2.75, 3.05) is 18.4 Å². The van der Waals surface area contributed by atoms with Gasteiger partial charge in [0, 0.05) is 46.3 Å². The van der Waals surface area contributed by atoms with Crippen LogP contribution in [0, 0.1) is 6.92 Å². The van der Waals surface area contributed by atoms with E-state index >= 15 is 0 Å². The van der Waals surface area contributed by atoms with Gasteiger partial charge in [-0.3, -0.25) is 14.9 Å². The standard InChI is InChI=1S/C27H29N3O4S2/c1-16-7-8-20-18(14-16)19(31)15-27(36-20)9-12-30(13-10-27)24(32)21-17-6-5-11-28-22(17)35-23(21)29-25(33)34-26(2,3)4/h5-8,11,14H,9-10,12-13,15H2,1-4H3,(H,29,33). The summed E-state index contributed by atoms with van der Waals surface area (Å²) in [4.78, 5) is 47.2. The van der Waals surface area contributed by atoms with Gasteiger partial charge < -0.3 is 9.64 Å². The fourth-order valence-corrected chi connectivity index (χ4v) is 7.29. The van der Waals surface area contributed by atoms with Crippen molar-refractivity contribution in [2.24, 2.45) is 0 Å². The molecule has 1 spiro atoms. The number of thiophene rings is 1. The molecule has 188 valence electrons. The third kappa shape index (κ3) is 4.86. The maximum atomic E-state index is 13.8. The van der Waals surface area contributed by atoms with Gasteiger partial charge in [-0.05, 0) is 64.8 Å². The lowest BCUT2D eigenvalue weighted by Crippen LogP contribution is -2.47. The van der Waals surface area contributed by atoms with Crippen molar-refractivity contribution in [3.05, 3.63) is 53.2 Å². The van der Waals surface area contributed by atoms with E-state index in [1.54, 1.807) is 44.8 Å². The lowest BCUT2D eigenvalue weighted by Gasteiger charge is -2.43. The van der Waals surface area contributed by atoms with Crippen molar-refractivity contribution in [3.8, 4) is 0 Å². The molecule has 4 heterocycles. The van der Waals surface area contributed by atoms with E-state index in [1.165, 1.54) is 11.3 Å². The minimum atomic E-state index is -0.656. The highest BCUT2D eigenvalue weighted by molar-refractivity contribution is 8.01. The van der Waals surface area contributed by atoms with Gasteiger partial charge in [0.25, 0.3) is 5.91 Å². The number of aryl methyl sites for hydroxylation is 1. The highest BCUT2D eigenvalue weighted by Crippen LogP contribution is 2.49. The molecule has 0 unspecified atom stereocenters. The van der Waals surface area contributed by atoms with E-state index in [0.717, 1.165) is 28.9 Å². The monoisotopic (exact) mass is 523 g/mol. The van der Waals surface area contributed by atoms with Crippen molar-refractivity contribution in [3.63, 3.8) is 0 Å². The molecule has 2 aliphatic heterocycles. The number of rotatable bonds is 2. The summed E-state index contributed by atoms with van der Waals surface area (Å²) in [6.07, 6.45) is 3.03. The molecule has 0 aliphatic carbocycles. The van der Waals surface area contributed by atoms with Gasteiger partial charge in [0.2, 0.25) is 0 Å². The van der Waals surface area contributed by atoms with E-state index in [2.05, 4.69) is 10.3 Å². The first-order valence-corrected chi connectivity index (χ1v) is 13.7. The number of fused-ring (bicyclic) bond motifs is 2. The van der Waals surface area contributed by atoms with Crippen molar-refractivity contribution in [2.45, 2.75) is 62.2 Å². The van der Waals surface area contributed by atoms with Crippen molar-refractivity contribution in [1.29, 1.82) is 0 Å². The Morgan fingerprint density at radius 2 is 1.92 bits per heavy atom. The number of pyridine rings is 1. The van der Waals surface area contributed by atoms with Crippen LogP contribution in [0.4, 0.5) is 9.80 Å². The first kappa shape index (κ1) is 24.8. The van der Waals surface area contributed by atoms with Crippen LogP contribution in [0.5, 0.6) is 0 Å². The average Bonchev–Trinajstić information content (AvgIpc) is 3.16. The zero-order chi connectivity index (χ0) is 25.7. The number of amides is 2. The molecule has 1 N–H and O–H groups in total. The minimum absolute atomic E-state index is 0.140. The average molecular weight is 524 g/mol. The molecule has 0 bridgehead atoms. The number of ketones is 1. The smallest absolute Gasteiger partial charge is 0.412 e. The van der Waals surface area contributed by atoms with E-state index in [1.807, 2.05) is 36.1 Å². The fraction of sp³-hybridized carbons (Fsp3) is 0.407. The second-order valence-electron chi connectivity index (χ2n) is 10.5. The molecule has 0 atom stereocenters. The first-order chi connectivity index (χ1) is 17.0. The largest absolute Gasteiger partial charge is 0.444 e. The van der Waals surface area contributed by atoms with Gasteiger partial charge in [0.15, 0.2) is 5.78 Å². The molecule has 5 rings (SSSR count). The summed E-state index contributed by atoms with van der Waals surface area (Å²) in [7, 11) is 0. The Hall–Kier alpha value is -2.91. The Morgan fingerprint density at radius 3 is 2.64 bits per heavy atom. The third-order valence-corrected chi connectivity index (χ3v) is 9.09. The summed E-state index contributed by atoms with van der Waals surface area (Å²) in [5, 5.41) is 3.93. The molecule has 2 amide bonds. The number of anilines is 1. The molecule has 36 heavy (non-hydrogen) atoms. The predicted octanol–water partition coefficient (Wildman–Crippen LogP) is 6.31. The highest BCUT2D eigenvalue weighted by Gasteiger charge is 2.43. The number of hydrogen-bond donors (Lipinski definition) is 1. The van der Waals surface area contributed by atoms with Crippen LogP contribution >= 0.6 is 23.1 Å². The molecule has 1 fully saturated rings. The van der Waals surface area contributed by atoms with Gasteiger partial charge in [-0.25, -0.2) is 9.78 Å². The molecule has 7 nitrogen and oxygen atoms in total. The molecule has 0 radical (unpaired) electrons. The van der Waals surface area contributed by atoms with Crippen molar-refractivity contribution in [1.82, 2.24) is 9.88 Å². The summed E-state index contributed by atoms with van der Waals surface area (Å²) in [6, 6.07) is 9.71. The second kappa shape index (κ2) is 9.19. The molecule has 1 aromatic carbocycles. The van der Waals surface area contributed by atoms with E-state index in [4.69, 9.17) is 4.74 Å². The highest BCUT2D eigenvalue weighted by atomic mass is 32.2. The molecular weight excluding hydrogens is 494 g/mol. The quantitative estimate of drug-likeness (QED) is 0.424. The number of piperidine rings is 1. The number of thioether (sulfide) groups is 1. The number of Topliss-reactive ketones (excluding diaryl/α,β-unsaturated/α-hetero) is 1. The van der Waals surface area contributed by atoms with Crippen LogP contribution in [0.1, 0.15) is 66.3 Å². The third-order valence-electron chi connectivity index (χ3n) is 6.50. The summed E-state index contributed by atoms with van der Waals surface area (Å²) in [6.45, 7) is 8.47. The predicted molar refractivity (Wildman–Crippen MR) is 143 cm³/mol. The SMILES string of the molecule is Cc1ccc2c(c1)C(=O)CC1(CCN(C(=O)c3c(NC(=O)OC(C)(C)C)sc4ncccc34)CC1)S2. The molecule has 9 heteroatoms. The number of nitrogens with one attached hydrogen (secondary N) is 1. The maximum absolute atomic E-state index is 13.8. The van der Waals surface area contributed by atoms with Crippen LogP contribution in [0.15, 0.2) is 41.4 Å². The number of nitrogens with zero attached hydrogens (tertiary/aromatic N) is 2. The van der Waals surface area contributed by atoms with Crippen molar-refractivity contribution < 1.29 is 19.1 Å². The fourth-order valence-electron chi connectivity index (χ4n) is 4.79. The Kier molecular flexibility index (Phi) is 6.32. The van der Waals surface area contributed by atoms with E-state index in [9.17, 15) is 14.4 Å². The Morgan fingerprint density at radius 1 is 1.17 bits per heavy atom. The topological polar surface area (TPSA) is 88.6 Å². The molecule has 2 aliphatic rings. The van der Waals surface area contributed by atoms with Crippen LogP contribution < -0.4 is 5.32 Å². The van der Waals surface area contributed by atoms with E-state index < -0.39 is 11.7 Å². The zero-order valence-corrected chi connectivity index (χ0v) is 22.5. The molecule has 1 saturated heterocycles. The molecular formula is C27H29N3O4S2. The lowest BCUT2D eigenvalue weighted by atomic mass is 9.87. The normalized spacial score (nSPS) is 17.2. The Balaban J connectivity index is 1.36. The number of carbonyl (C=O) groups is 3. The zero-order valence-electron chi connectivity index (χ0n) is 20.8.